The molecule has 0 atom stereocenters. The van der Waals surface area contributed by atoms with Crippen molar-refractivity contribution in [3.63, 3.8) is 0 Å². The number of rotatable bonds is 7. The first-order valence-electron chi connectivity index (χ1n) is 8.08. The smallest absolute Gasteiger partial charge is 0.254 e. The lowest BCUT2D eigenvalue weighted by atomic mass is 10.1. The van der Waals surface area contributed by atoms with Crippen LogP contribution in [0.1, 0.15) is 16.8 Å². The number of methoxy groups -OCH3 is 1. The van der Waals surface area contributed by atoms with Gasteiger partial charge in [0.25, 0.3) is 5.91 Å². The van der Waals surface area contributed by atoms with E-state index in [-0.39, 0.29) is 23.5 Å². The van der Waals surface area contributed by atoms with E-state index >= 15 is 0 Å². The van der Waals surface area contributed by atoms with Gasteiger partial charge in [-0.25, -0.2) is 0 Å². The number of carbonyl (C=O) groups excluding carboxylic acids is 3. The number of amides is 3. The average molecular weight is 365 g/mol. The number of hydrogen-bond donors (Lipinski definition) is 1. The second-order valence-corrected chi connectivity index (χ2v) is 6.78. The van der Waals surface area contributed by atoms with Crippen LogP contribution in [0.2, 0.25) is 0 Å². The number of ether oxygens (including phenoxy) is 1. The summed E-state index contributed by atoms with van der Waals surface area (Å²) >= 11 is 1.36. The van der Waals surface area contributed by atoms with Crippen LogP contribution in [0.3, 0.4) is 0 Å². The van der Waals surface area contributed by atoms with Gasteiger partial charge in [-0.2, -0.15) is 11.8 Å². The molecule has 7 nitrogen and oxygen atoms in total. The topological polar surface area (TPSA) is 92.9 Å². The fourth-order valence-corrected chi connectivity index (χ4v) is 3.25. The van der Waals surface area contributed by atoms with E-state index in [4.69, 9.17) is 10.5 Å². The SMILES string of the molecule is COc1cccc(C(=O)N2CCN(C(=O)CCSCC(N)=O)CC2)c1. The summed E-state index contributed by atoms with van der Waals surface area (Å²) in [5, 5.41) is 0. The molecule has 1 aromatic rings. The molecule has 1 saturated heterocycles. The van der Waals surface area contributed by atoms with Gasteiger partial charge in [0.15, 0.2) is 0 Å². The number of benzene rings is 1. The van der Waals surface area contributed by atoms with Crippen LogP contribution in [0.25, 0.3) is 0 Å². The van der Waals surface area contributed by atoms with Gasteiger partial charge >= 0.3 is 0 Å². The molecule has 1 aromatic carbocycles. The highest BCUT2D eigenvalue weighted by Gasteiger charge is 2.24. The largest absolute Gasteiger partial charge is 0.497 e. The summed E-state index contributed by atoms with van der Waals surface area (Å²) < 4.78 is 5.15. The quantitative estimate of drug-likeness (QED) is 0.714. The minimum absolute atomic E-state index is 0.0467. The van der Waals surface area contributed by atoms with Crippen LogP contribution in [0.15, 0.2) is 24.3 Å². The van der Waals surface area contributed by atoms with Crippen molar-refractivity contribution in [2.75, 3.05) is 44.8 Å². The summed E-state index contributed by atoms with van der Waals surface area (Å²) in [6.07, 6.45) is 0.377. The van der Waals surface area contributed by atoms with E-state index in [1.165, 1.54) is 11.8 Å². The molecule has 2 rings (SSSR count). The fraction of sp³-hybridized carbons (Fsp3) is 0.471. The molecule has 0 spiro atoms. The van der Waals surface area contributed by atoms with Gasteiger partial charge in [0.1, 0.15) is 5.75 Å². The van der Waals surface area contributed by atoms with E-state index in [1.807, 2.05) is 0 Å². The highest BCUT2D eigenvalue weighted by molar-refractivity contribution is 7.99. The van der Waals surface area contributed by atoms with Crippen molar-refractivity contribution in [3.05, 3.63) is 29.8 Å². The molecular weight excluding hydrogens is 342 g/mol. The number of piperazine rings is 1. The van der Waals surface area contributed by atoms with Crippen LogP contribution >= 0.6 is 11.8 Å². The summed E-state index contributed by atoms with van der Waals surface area (Å²) in [7, 11) is 1.57. The Bertz CT molecular complexity index is 630. The Morgan fingerprint density at radius 1 is 1.16 bits per heavy atom. The van der Waals surface area contributed by atoms with E-state index < -0.39 is 0 Å². The van der Waals surface area contributed by atoms with Gasteiger partial charge in [-0.05, 0) is 18.2 Å². The van der Waals surface area contributed by atoms with Crippen molar-refractivity contribution in [2.24, 2.45) is 5.73 Å². The third-order valence-electron chi connectivity index (χ3n) is 3.94. The molecule has 25 heavy (non-hydrogen) atoms. The molecule has 8 heteroatoms. The summed E-state index contributed by atoms with van der Waals surface area (Å²) in [5.41, 5.74) is 5.65. The van der Waals surface area contributed by atoms with Gasteiger partial charge in [0, 0.05) is 43.9 Å². The van der Waals surface area contributed by atoms with E-state index in [0.717, 1.165) is 0 Å². The maximum Gasteiger partial charge on any atom is 0.254 e. The van der Waals surface area contributed by atoms with Crippen molar-refractivity contribution in [1.29, 1.82) is 0 Å². The standard InChI is InChI=1S/C17H23N3O4S/c1-24-14-4-2-3-13(11-14)17(23)20-8-6-19(7-9-20)16(22)5-10-25-12-15(18)21/h2-4,11H,5-10,12H2,1H3,(H2,18,21). The Kier molecular flexibility index (Phi) is 7.12. The number of hydrogen-bond acceptors (Lipinski definition) is 5. The zero-order valence-electron chi connectivity index (χ0n) is 14.3. The molecule has 1 aliphatic heterocycles. The first-order chi connectivity index (χ1) is 12.0. The van der Waals surface area contributed by atoms with E-state index in [1.54, 1.807) is 41.2 Å². The number of nitrogens with zero attached hydrogens (tertiary/aromatic N) is 2. The summed E-state index contributed by atoms with van der Waals surface area (Å²) in [6, 6.07) is 7.06. The van der Waals surface area contributed by atoms with Crippen molar-refractivity contribution in [1.82, 2.24) is 9.80 Å². The predicted molar refractivity (Wildman–Crippen MR) is 96.6 cm³/mol. The Balaban J connectivity index is 1.79. The molecule has 3 amide bonds. The number of nitrogens with two attached hydrogens (primary N) is 1. The lowest BCUT2D eigenvalue weighted by Crippen LogP contribution is -2.50. The zero-order valence-corrected chi connectivity index (χ0v) is 15.1. The van der Waals surface area contributed by atoms with Gasteiger partial charge < -0.3 is 20.3 Å². The maximum atomic E-state index is 12.5. The molecule has 0 aromatic heterocycles. The highest BCUT2D eigenvalue weighted by Crippen LogP contribution is 2.16. The third kappa shape index (κ3) is 5.67. The minimum Gasteiger partial charge on any atom is -0.497 e. The molecule has 136 valence electrons. The molecule has 0 saturated carbocycles. The van der Waals surface area contributed by atoms with Gasteiger partial charge in [-0.15, -0.1) is 0 Å². The van der Waals surface area contributed by atoms with Crippen LogP contribution < -0.4 is 10.5 Å². The second-order valence-electron chi connectivity index (χ2n) is 5.67. The van der Waals surface area contributed by atoms with E-state index in [0.29, 0.717) is 49.7 Å². The average Bonchev–Trinajstić information content (AvgIpc) is 2.64. The van der Waals surface area contributed by atoms with Gasteiger partial charge in [0.05, 0.1) is 12.9 Å². The second kappa shape index (κ2) is 9.31. The Labute approximate surface area is 151 Å². The minimum atomic E-state index is -0.373. The molecule has 0 bridgehead atoms. The Hall–Kier alpha value is -2.22. The lowest BCUT2D eigenvalue weighted by Gasteiger charge is -2.35. The van der Waals surface area contributed by atoms with Gasteiger partial charge in [-0.3, -0.25) is 14.4 Å². The summed E-state index contributed by atoms with van der Waals surface area (Å²) in [5.74, 6) is 1.07. The first-order valence-corrected chi connectivity index (χ1v) is 9.24. The summed E-state index contributed by atoms with van der Waals surface area (Å²) in [6.45, 7) is 2.07. The maximum absolute atomic E-state index is 12.5. The van der Waals surface area contributed by atoms with Crippen molar-refractivity contribution < 1.29 is 19.1 Å². The van der Waals surface area contributed by atoms with Crippen molar-refractivity contribution >= 4 is 29.5 Å². The monoisotopic (exact) mass is 365 g/mol. The molecule has 1 fully saturated rings. The molecule has 0 radical (unpaired) electrons. The molecule has 0 unspecified atom stereocenters. The van der Waals surface area contributed by atoms with Crippen LogP contribution in [-0.4, -0.2) is 72.3 Å². The third-order valence-corrected chi connectivity index (χ3v) is 4.92. The van der Waals surface area contributed by atoms with Gasteiger partial charge in [-0.1, -0.05) is 6.07 Å². The van der Waals surface area contributed by atoms with Crippen LogP contribution in [0.5, 0.6) is 5.75 Å². The van der Waals surface area contributed by atoms with Crippen LogP contribution in [-0.2, 0) is 9.59 Å². The highest BCUT2D eigenvalue weighted by atomic mass is 32.2. The van der Waals surface area contributed by atoms with E-state index in [2.05, 4.69) is 0 Å². The normalized spacial score (nSPS) is 14.3. The Morgan fingerprint density at radius 3 is 2.48 bits per heavy atom. The van der Waals surface area contributed by atoms with Crippen molar-refractivity contribution in [3.8, 4) is 5.75 Å². The van der Waals surface area contributed by atoms with Gasteiger partial charge in [0.2, 0.25) is 11.8 Å². The molecule has 1 aliphatic rings. The summed E-state index contributed by atoms with van der Waals surface area (Å²) in [4.78, 5) is 38.9. The fourth-order valence-electron chi connectivity index (χ4n) is 2.59. The van der Waals surface area contributed by atoms with Crippen molar-refractivity contribution in [2.45, 2.75) is 6.42 Å². The molecule has 1 heterocycles. The zero-order chi connectivity index (χ0) is 18.2. The number of primary amides is 1. The van der Waals surface area contributed by atoms with Crippen LogP contribution in [0.4, 0.5) is 0 Å². The first kappa shape index (κ1) is 19.1. The van der Waals surface area contributed by atoms with E-state index in [9.17, 15) is 14.4 Å². The number of thioether (sulfide) groups is 1. The lowest BCUT2D eigenvalue weighted by molar-refractivity contribution is -0.132. The van der Waals surface area contributed by atoms with Crippen LogP contribution in [0, 0.1) is 0 Å². The number of carbonyl (C=O) groups is 3. The Morgan fingerprint density at radius 2 is 1.84 bits per heavy atom. The predicted octanol–water partition coefficient (Wildman–Crippen LogP) is 0.588. The molecule has 0 aliphatic carbocycles. The molecular formula is C17H23N3O4S. The molecule has 2 N–H and O–H groups in total.